The molecule has 1 aromatic rings. The van der Waals surface area contributed by atoms with Gasteiger partial charge in [-0.2, -0.15) is 0 Å². The zero-order chi connectivity index (χ0) is 17.6. The van der Waals surface area contributed by atoms with E-state index in [-0.39, 0.29) is 12.3 Å². The van der Waals surface area contributed by atoms with E-state index in [1.165, 1.54) is 21.3 Å². The second-order valence-corrected chi connectivity index (χ2v) is 5.15. The maximum absolute atomic E-state index is 11.8. The predicted molar refractivity (Wildman–Crippen MR) is 85.6 cm³/mol. The number of nitrogens with two attached hydrogens (primary N) is 2. The summed E-state index contributed by atoms with van der Waals surface area (Å²) in [5, 5.41) is 0. The van der Waals surface area contributed by atoms with Crippen LogP contribution in [-0.2, 0) is 9.59 Å². The molecule has 2 atom stereocenters. The van der Waals surface area contributed by atoms with Gasteiger partial charge in [0.25, 0.3) is 0 Å². The van der Waals surface area contributed by atoms with Crippen LogP contribution >= 0.6 is 0 Å². The van der Waals surface area contributed by atoms with Crippen LogP contribution in [0.1, 0.15) is 31.2 Å². The number of rotatable bonds is 9. The molecule has 4 N–H and O–H groups in total. The Morgan fingerprint density at radius 2 is 1.57 bits per heavy atom. The van der Waals surface area contributed by atoms with Gasteiger partial charge in [0.15, 0.2) is 11.5 Å². The molecule has 0 fully saturated rings. The van der Waals surface area contributed by atoms with Crippen molar-refractivity contribution in [2.75, 3.05) is 21.3 Å². The Hall–Kier alpha value is -2.44. The monoisotopic (exact) mass is 324 g/mol. The molecule has 1 rings (SSSR count). The van der Waals surface area contributed by atoms with Crippen molar-refractivity contribution in [3.05, 3.63) is 17.7 Å². The molecular formula is C16H24N2O5. The van der Waals surface area contributed by atoms with Gasteiger partial charge in [-0.25, -0.2) is 0 Å². The molecule has 1 aromatic carbocycles. The normalized spacial score (nSPS) is 13.0. The van der Waals surface area contributed by atoms with Crippen LogP contribution in [0.25, 0.3) is 0 Å². The van der Waals surface area contributed by atoms with Gasteiger partial charge in [-0.1, -0.05) is 6.92 Å². The zero-order valence-electron chi connectivity index (χ0n) is 13.9. The Labute approximate surface area is 135 Å². The van der Waals surface area contributed by atoms with Gasteiger partial charge in [-0.3, -0.25) is 9.59 Å². The van der Waals surface area contributed by atoms with Gasteiger partial charge >= 0.3 is 0 Å². The summed E-state index contributed by atoms with van der Waals surface area (Å²) in [6, 6.07) is 3.51. The van der Waals surface area contributed by atoms with Crippen molar-refractivity contribution in [3.63, 3.8) is 0 Å². The molecule has 0 aliphatic heterocycles. The molecule has 23 heavy (non-hydrogen) atoms. The van der Waals surface area contributed by atoms with Gasteiger partial charge in [0.1, 0.15) is 0 Å². The van der Waals surface area contributed by atoms with Gasteiger partial charge in [-0.15, -0.1) is 0 Å². The molecule has 7 heteroatoms. The van der Waals surface area contributed by atoms with E-state index in [0.717, 1.165) is 5.56 Å². The molecule has 0 bridgehead atoms. The Kier molecular flexibility index (Phi) is 6.68. The number of methoxy groups -OCH3 is 3. The van der Waals surface area contributed by atoms with Crippen LogP contribution in [0, 0.1) is 5.92 Å². The van der Waals surface area contributed by atoms with Crippen LogP contribution in [-0.4, -0.2) is 33.1 Å². The molecule has 128 valence electrons. The highest BCUT2D eigenvalue weighted by molar-refractivity contribution is 5.84. The van der Waals surface area contributed by atoms with Crippen molar-refractivity contribution in [2.45, 2.75) is 25.7 Å². The summed E-state index contributed by atoms with van der Waals surface area (Å²) in [5.41, 5.74) is 11.5. The summed E-state index contributed by atoms with van der Waals surface area (Å²) in [5.74, 6) is -0.706. The van der Waals surface area contributed by atoms with Crippen molar-refractivity contribution in [1.82, 2.24) is 0 Å². The second-order valence-electron chi connectivity index (χ2n) is 5.15. The number of hydrogen-bond acceptors (Lipinski definition) is 5. The lowest BCUT2D eigenvalue weighted by molar-refractivity contribution is -0.127. The van der Waals surface area contributed by atoms with E-state index in [1.54, 1.807) is 12.1 Å². The van der Waals surface area contributed by atoms with Crippen LogP contribution in [0.3, 0.4) is 0 Å². The van der Waals surface area contributed by atoms with Gasteiger partial charge in [0.2, 0.25) is 17.6 Å². The van der Waals surface area contributed by atoms with Crippen molar-refractivity contribution in [1.29, 1.82) is 0 Å². The van der Waals surface area contributed by atoms with Crippen LogP contribution in [0.4, 0.5) is 0 Å². The average molecular weight is 324 g/mol. The third-order valence-electron chi connectivity index (χ3n) is 3.83. The highest BCUT2D eigenvalue weighted by Crippen LogP contribution is 2.42. The van der Waals surface area contributed by atoms with Crippen LogP contribution < -0.4 is 25.7 Å². The molecule has 0 heterocycles. The topological polar surface area (TPSA) is 114 Å². The largest absolute Gasteiger partial charge is 0.493 e. The molecule has 0 aromatic heterocycles. The Bertz CT molecular complexity index is 549. The maximum atomic E-state index is 11.8. The minimum absolute atomic E-state index is 0.107. The Morgan fingerprint density at radius 1 is 1.04 bits per heavy atom. The summed E-state index contributed by atoms with van der Waals surface area (Å²) in [6.45, 7) is 1.91. The fraction of sp³-hybridized carbons (Fsp3) is 0.500. The van der Waals surface area contributed by atoms with Crippen molar-refractivity contribution in [3.8, 4) is 17.2 Å². The van der Waals surface area contributed by atoms with Crippen molar-refractivity contribution in [2.24, 2.45) is 17.4 Å². The molecule has 0 spiro atoms. The first-order chi connectivity index (χ1) is 10.9. The number of carbonyl (C=O) groups is 2. The summed E-state index contributed by atoms with van der Waals surface area (Å²) in [6.07, 6.45) is 0.490. The number of hydrogen-bond donors (Lipinski definition) is 2. The van der Waals surface area contributed by atoms with E-state index in [4.69, 9.17) is 25.7 Å². The third kappa shape index (κ3) is 4.28. The van der Waals surface area contributed by atoms with Gasteiger partial charge < -0.3 is 25.7 Å². The minimum atomic E-state index is -0.694. The average Bonchev–Trinajstić information content (AvgIpc) is 2.52. The number of ether oxygens (including phenoxy) is 3. The summed E-state index contributed by atoms with van der Waals surface area (Å²) in [4.78, 5) is 23.0. The summed E-state index contributed by atoms with van der Waals surface area (Å²) >= 11 is 0. The molecule has 2 amide bonds. The van der Waals surface area contributed by atoms with E-state index in [9.17, 15) is 9.59 Å². The first kappa shape index (κ1) is 18.6. The van der Waals surface area contributed by atoms with E-state index >= 15 is 0 Å². The lowest BCUT2D eigenvalue weighted by atomic mass is 9.81. The van der Waals surface area contributed by atoms with Crippen LogP contribution in [0.15, 0.2) is 12.1 Å². The Balaban J connectivity index is 3.38. The second kappa shape index (κ2) is 8.26. The fourth-order valence-electron chi connectivity index (χ4n) is 2.73. The molecule has 0 aliphatic rings. The molecule has 7 nitrogen and oxygen atoms in total. The van der Waals surface area contributed by atoms with E-state index in [2.05, 4.69) is 0 Å². The SMILES string of the molecule is CCC(c1cc(OC)c(OC)c(OC)c1)C(CC(N)=O)C(N)=O. The number of amides is 2. The number of carbonyl (C=O) groups excluding carboxylic acids is 2. The molecule has 2 unspecified atom stereocenters. The molecule has 0 aliphatic carbocycles. The molecule has 0 saturated carbocycles. The van der Waals surface area contributed by atoms with E-state index < -0.39 is 17.7 Å². The standard InChI is InChI=1S/C16H24N2O5/c1-5-10(11(16(18)20)8-14(17)19)9-6-12(21-2)15(23-4)13(7-9)22-3/h6-7,10-11H,5,8H2,1-4H3,(H2,17,19)(H2,18,20). The predicted octanol–water partition coefficient (Wildman–Crippen LogP) is 1.18. The van der Waals surface area contributed by atoms with E-state index in [1.807, 2.05) is 6.92 Å². The number of benzene rings is 1. The van der Waals surface area contributed by atoms with Gasteiger partial charge in [-0.05, 0) is 30.0 Å². The highest BCUT2D eigenvalue weighted by atomic mass is 16.5. The molecule has 0 saturated heterocycles. The Morgan fingerprint density at radius 3 is 1.87 bits per heavy atom. The first-order valence-corrected chi connectivity index (χ1v) is 7.27. The van der Waals surface area contributed by atoms with Gasteiger partial charge in [0, 0.05) is 6.42 Å². The quantitative estimate of drug-likeness (QED) is 0.708. The van der Waals surface area contributed by atoms with E-state index in [0.29, 0.717) is 23.7 Å². The van der Waals surface area contributed by atoms with Crippen molar-refractivity contribution < 1.29 is 23.8 Å². The minimum Gasteiger partial charge on any atom is -0.493 e. The lowest BCUT2D eigenvalue weighted by Gasteiger charge is -2.25. The number of primary amides is 2. The fourth-order valence-corrected chi connectivity index (χ4v) is 2.73. The zero-order valence-corrected chi connectivity index (χ0v) is 13.9. The van der Waals surface area contributed by atoms with Crippen LogP contribution in [0.2, 0.25) is 0 Å². The maximum Gasteiger partial charge on any atom is 0.221 e. The molecular weight excluding hydrogens is 300 g/mol. The lowest BCUT2D eigenvalue weighted by Crippen LogP contribution is -2.32. The van der Waals surface area contributed by atoms with Crippen molar-refractivity contribution >= 4 is 11.8 Å². The third-order valence-corrected chi connectivity index (χ3v) is 3.83. The smallest absolute Gasteiger partial charge is 0.221 e. The first-order valence-electron chi connectivity index (χ1n) is 7.27. The summed E-state index contributed by atoms with van der Waals surface area (Å²) < 4.78 is 15.9. The molecule has 0 radical (unpaired) electrons. The van der Waals surface area contributed by atoms with Crippen LogP contribution in [0.5, 0.6) is 17.2 Å². The summed E-state index contributed by atoms with van der Waals surface area (Å²) in [7, 11) is 4.53. The van der Waals surface area contributed by atoms with Gasteiger partial charge in [0.05, 0.1) is 27.2 Å². The highest BCUT2D eigenvalue weighted by Gasteiger charge is 2.30.